The van der Waals surface area contributed by atoms with Crippen molar-refractivity contribution in [1.29, 1.82) is 0 Å². The molecule has 0 saturated carbocycles. The number of halogens is 1. The first-order valence-electron chi connectivity index (χ1n) is 9.62. The third-order valence-electron chi connectivity index (χ3n) is 4.24. The number of nitrogens with one attached hydrogen (secondary N) is 2. The lowest BCUT2D eigenvalue weighted by Gasteiger charge is -2.13. The first-order chi connectivity index (χ1) is 13.6. The van der Waals surface area contributed by atoms with Crippen LogP contribution in [0.2, 0.25) is 0 Å². The van der Waals surface area contributed by atoms with Crippen molar-refractivity contribution in [3.05, 3.63) is 65.5 Å². The van der Waals surface area contributed by atoms with Gasteiger partial charge in [0, 0.05) is 26.7 Å². The fourth-order valence-corrected chi connectivity index (χ4v) is 2.66. The zero-order valence-corrected chi connectivity index (χ0v) is 17.0. The molecule has 6 heteroatoms. The molecule has 2 aromatic carbocycles. The standard InChI is InChI=1S/C22H31FN4O/c1-24-22(25-14-13-18-5-9-20(23)10-6-18)26-17-19-7-11-21(12-8-19)28-16-4-15-27(2)3/h5-12H,4,13-17H2,1-3H3,(H2,24,25,26). The second kappa shape index (κ2) is 12.0. The van der Waals surface area contributed by atoms with Gasteiger partial charge >= 0.3 is 0 Å². The number of nitrogens with zero attached hydrogens (tertiary/aromatic N) is 2. The Morgan fingerprint density at radius 2 is 1.68 bits per heavy atom. The highest BCUT2D eigenvalue weighted by molar-refractivity contribution is 5.79. The van der Waals surface area contributed by atoms with E-state index in [4.69, 9.17) is 4.74 Å². The molecule has 0 heterocycles. The lowest BCUT2D eigenvalue weighted by molar-refractivity contribution is 0.281. The van der Waals surface area contributed by atoms with Crippen LogP contribution in [-0.2, 0) is 13.0 Å². The SMILES string of the molecule is CN=C(NCCc1ccc(F)cc1)NCc1ccc(OCCCN(C)C)cc1. The van der Waals surface area contributed by atoms with Crippen molar-refractivity contribution in [1.82, 2.24) is 15.5 Å². The topological polar surface area (TPSA) is 48.9 Å². The average molecular weight is 387 g/mol. The van der Waals surface area contributed by atoms with Crippen LogP contribution in [0.5, 0.6) is 5.75 Å². The minimum Gasteiger partial charge on any atom is -0.494 e. The maximum Gasteiger partial charge on any atom is 0.191 e. The van der Waals surface area contributed by atoms with Gasteiger partial charge in [0.05, 0.1) is 6.61 Å². The highest BCUT2D eigenvalue weighted by Gasteiger charge is 2.01. The van der Waals surface area contributed by atoms with E-state index in [1.54, 1.807) is 19.2 Å². The number of guanidine groups is 1. The van der Waals surface area contributed by atoms with Crippen molar-refractivity contribution in [2.75, 3.05) is 40.8 Å². The van der Waals surface area contributed by atoms with Crippen LogP contribution >= 0.6 is 0 Å². The molecule has 0 spiro atoms. The van der Waals surface area contributed by atoms with Crippen LogP contribution in [0.15, 0.2) is 53.5 Å². The first-order valence-corrected chi connectivity index (χ1v) is 9.62. The van der Waals surface area contributed by atoms with Crippen LogP contribution < -0.4 is 15.4 Å². The normalized spacial score (nSPS) is 11.5. The Morgan fingerprint density at radius 1 is 1.00 bits per heavy atom. The van der Waals surface area contributed by atoms with Crippen molar-refractivity contribution >= 4 is 5.96 Å². The fraction of sp³-hybridized carbons (Fsp3) is 0.409. The summed E-state index contributed by atoms with van der Waals surface area (Å²) in [4.78, 5) is 6.39. The van der Waals surface area contributed by atoms with Gasteiger partial charge in [0.2, 0.25) is 0 Å². The first kappa shape index (κ1) is 21.7. The van der Waals surface area contributed by atoms with E-state index in [2.05, 4.69) is 46.8 Å². The molecule has 2 N–H and O–H groups in total. The zero-order chi connectivity index (χ0) is 20.2. The van der Waals surface area contributed by atoms with E-state index in [1.807, 2.05) is 12.1 Å². The number of aliphatic imine (C=N–C) groups is 1. The number of hydrogen-bond acceptors (Lipinski definition) is 3. The Hall–Kier alpha value is -2.60. The summed E-state index contributed by atoms with van der Waals surface area (Å²) >= 11 is 0. The summed E-state index contributed by atoms with van der Waals surface area (Å²) in [6, 6.07) is 14.7. The van der Waals surface area contributed by atoms with Gasteiger partial charge in [-0.25, -0.2) is 4.39 Å². The molecule has 2 rings (SSSR count). The van der Waals surface area contributed by atoms with Gasteiger partial charge in [0.25, 0.3) is 0 Å². The zero-order valence-electron chi connectivity index (χ0n) is 17.0. The average Bonchev–Trinajstić information content (AvgIpc) is 2.70. The molecule has 0 atom stereocenters. The Morgan fingerprint density at radius 3 is 2.32 bits per heavy atom. The molecule has 0 radical (unpaired) electrons. The summed E-state index contributed by atoms with van der Waals surface area (Å²) in [6.45, 7) is 3.15. The van der Waals surface area contributed by atoms with Gasteiger partial charge in [-0.2, -0.15) is 0 Å². The summed E-state index contributed by atoms with van der Waals surface area (Å²) in [6.07, 6.45) is 1.82. The van der Waals surface area contributed by atoms with Crippen LogP contribution in [0.4, 0.5) is 4.39 Å². The van der Waals surface area contributed by atoms with Crippen LogP contribution in [-0.4, -0.2) is 51.7 Å². The van der Waals surface area contributed by atoms with Gasteiger partial charge < -0.3 is 20.3 Å². The van der Waals surface area contributed by atoms with Gasteiger partial charge in [-0.1, -0.05) is 24.3 Å². The highest BCUT2D eigenvalue weighted by atomic mass is 19.1. The summed E-state index contributed by atoms with van der Waals surface area (Å²) in [5.41, 5.74) is 2.24. The molecule has 0 fully saturated rings. The van der Waals surface area contributed by atoms with Crippen molar-refractivity contribution in [2.45, 2.75) is 19.4 Å². The Balaban J connectivity index is 1.68. The van der Waals surface area contributed by atoms with Crippen LogP contribution in [0.1, 0.15) is 17.5 Å². The lowest BCUT2D eigenvalue weighted by Crippen LogP contribution is -2.37. The van der Waals surface area contributed by atoms with Crippen molar-refractivity contribution in [3.8, 4) is 5.75 Å². The molecule has 2 aromatic rings. The smallest absolute Gasteiger partial charge is 0.191 e. The molecule has 0 amide bonds. The van der Waals surface area contributed by atoms with Crippen LogP contribution in [0.3, 0.4) is 0 Å². The van der Waals surface area contributed by atoms with E-state index in [1.165, 1.54) is 12.1 Å². The second-order valence-corrected chi connectivity index (χ2v) is 6.88. The van der Waals surface area contributed by atoms with Crippen molar-refractivity contribution < 1.29 is 9.13 Å². The molecule has 5 nitrogen and oxygen atoms in total. The minimum atomic E-state index is -0.209. The maximum absolute atomic E-state index is 12.9. The Labute approximate surface area is 167 Å². The fourth-order valence-electron chi connectivity index (χ4n) is 2.66. The van der Waals surface area contributed by atoms with E-state index in [9.17, 15) is 4.39 Å². The molecule has 0 unspecified atom stereocenters. The number of rotatable bonds is 10. The molecule has 0 bridgehead atoms. The van der Waals surface area contributed by atoms with Crippen molar-refractivity contribution in [3.63, 3.8) is 0 Å². The summed E-state index contributed by atoms with van der Waals surface area (Å²) in [7, 11) is 5.87. The lowest BCUT2D eigenvalue weighted by atomic mass is 10.1. The molecule has 152 valence electrons. The molecule has 0 aliphatic carbocycles. The third-order valence-corrected chi connectivity index (χ3v) is 4.24. The van der Waals surface area contributed by atoms with Crippen molar-refractivity contribution in [2.24, 2.45) is 4.99 Å². The monoisotopic (exact) mass is 386 g/mol. The van der Waals surface area contributed by atoms with Gasteiger partial charge in [0.15, 0.2) is 5.96 Å². The van der Waals surface area contributed by atoms with Gasteiger partial charge in [-0.15, -0.1) is 0 Å². The summed E-state index contributed by atoms with van der Waals surface area (Å²) < 4.78 is 18.7. The predicted molar refractivity (Wildman–Crippen MR) is 113 cm³/mol. The minimum absolute atomic E-state index is 0.209. The number of benzene rings is 2. The Bertz CT molecular complexity index is 714. The molecule has 0 aliphatic rings. The summed E-state index contributed by atoms with van der Waals surface area (Å²) in [5, 5.41) is 6.57. The predicted octanol–water partition coefficient (Wildman–Crippen LogP) is 3.06. The van der Waals surface area contributed by atoms with Crippen LogP contribution in [0.25, 0.3) is 0 Å². The quantitative estimate of drug-likeness (QED) is 0.374. The van der Waals surface area contributed by atoms with E-state index in [0.29, 0.717) is 6.54 Å². The Kier molecular flexibility index (Phi) is 9.28. The largest absolute Gasteiger partial charge is 0.494 e. The van der Waals surface area contributed by atoms with Gasteiger partial charge in [-0.3, -0.25) is 4.99 Å². The number of ether oxygens (including phenoxy) is 1. The van der Waals surface area contributed by atoms with E-state index in [-0.39, 0.29) is 5.82 Å². The molecular formula is C22H31FN4O. The third kappa shape index (κ3) is 8.39. The van der Waals surface area contributed by atoms with E-state index >= 15 is 0 Å². The second-order valence-electron chi connectivity index (χ2n) is 6.88. The van der Waals surface area contributed by atoms with E-state index in [0.717, 1.165) is 55.4 Å². The number of hydrogen-bond donors (Lipinski definition) is 2. The molecule has 0 saturated heterocycles. The highest BCUT2D eigenvalue weighted by Crippen LogP contribution is 2.12. The maximum atomic E-state index is 12.9. The summed E-state index contributed by atoms with van der Waals surface area (Å²) in [5.74, 6) is 1.43. The van der Waals surface area contributed by atoms with Crippen LogP contribution in [0, 0.1) is 5.82 Å². The van der Waals surface area contributed by atoms with Gasteiger partial charge in [0.1, 0.15) is 11.6 Å². The van der Waals surface area contributed by atoms with E-state index < -0.39 is 0 Å². The molecule has 28 heavy (non-hydrogen) atoms. The molecule has 0 aromatic heterocycles. The van der Waals surface area contributed by atoms with Gasteiger partial charge in [-0.05, 0) is 62.3 Å². The molecular weight excluding hydrogens is 355 g/mol. The molecule has 0 aliphatic heterocycles.